The Labute approximate surface area is 87.3 Å². The van der Waals surface area contributed by atoms with Gasteiger partial charge in [-0.2, -0.15) is 5.10 Å². The highest BCUT2D eigenvalue weighted by Gasteiger charge is 2.12. The Morgan fingerprint density at radius 2 is 2.07 bits per heavy atom. The second-order valence-corrected chi connectivity index (χ2v) is 3.54. The van der Waals surface area contributed by atoms with E-state index in [0.29, 0.717) is 22.5 Å². The summed E-state index contributed by atoms with van der Waals surface area (Å²) < 4.78 is 15.4. The topological polar surface area (TPSA) is 43.8 Å². The van der Waals surface area contributed by atoms with Crippen molar-refractivity contribution in [2.45, 2.75) is 6.92 Å². The van der Waals surface area contributed by atoms with Crippen molar-refractivity contribution in [1.82, 2.24) is 9.78 Å². The summed E-state index contributed by atoms with van der Waals surface area (Å²) in [6.45, 7) is 1.73. The van der Waals surface area contributed by atoms with Crippen molar-refractivity contribution in [3.63, 3.8) is 0 Å². The Hall–Kier alpha value is -1.84. The monoisotopic (exact) mass is 205 g/mol. The molecule has 0 aliphatic heterocycles. The highest BCUT2D eigenvalue weighted by Crippen LogP contribution is 2.28. The third kappa shape index (κ3) is 1.58. The van der Waals surface area contributed by atoms with Crippen molar-refractivity contribution in [3.8, 4) is 11.1 Å². The second kappa shape index (κ2) is 3.38. The number of benzene rings is 1. The van der Waals surface area contributed by atoms with E-state index in [0.717, 1.165) is 0 Å². The molecular formula is C11H12FN3. The predicted molar refractivity (Wildman–Crippen MR) is 57.8 cm³/mol. The van der Waals surface area contributed by atoms with E-state index in [2.05, 4.69) is 5.10 Å². The number of nitrogen functional groups attached to an aromatic ring is 1. The lowest BCUT2D eigenvalue weighted by molar-refractivity contribution is 0.622. The fraction of sp³-hybridized carbons (Fsp3) is 0.182. The third-order valence-electron chi connectivity index (χ3n) is 2.34. The number of aromatic nitrogens is 2. The molecule has 0 aliphatic carbocycles. The van der Waals surface area contributed by atoms with E-state index in [-0.39, 0.29) is 5.82 Å². The predicted octanol–water partition coefficient (Wildman–Crippen LogP) is 2.12. The minimum Gasteiger partial charge on any atom is -0.382 e. The maximum Gasteiger partial charge on any atom is 0.153 e. The molecule has 2 N–H and O–H groups in total. The molecule has 0 unspecified atom stereocenters. The average molecular weight is 205 g/mol. The first-order valence-electron chi connectivity index (χ1n) is 4.64. The molecule has 0 bridgehead atoms. The van der Waals surface area contributed by atoms with Crippen LogP contribution in [0.1, 0.15) is 5.56 Å². The number of hydrogen-bond acceptors (Lipinski definition) is 2. The van der Waals surface area contributed by atoms with Crippen LogP contribution in [0, 0.1) is 12.7 Å². The van der Waals surface area contributed by atoms with Crippen LogP contribution in [-0.4, -0.2) is 9.78 Å². The van der Waals surface area contributed by atoms with E-state index in [4.69, 9.17) is 5.73 Å². The fourth-order valence-corrected chi connectivity index (χ4v) is 1.57. The molecule has 0 saturated heterocycles. The zero-order valence-corrected chi connectivity index (χ0v) is 8.66. The average Bonchev–Trinajstić information content (AvgIpc) is 2.50. The minimum absolute atomic E-state index is 0.239. The van der Waals surface area contributed by atoms with E-state index < -0.39 is 0 Å². The summed E-state index contributed by atoms with van der Waals surface area (Å²) in [5, 5.41) is 3.99. The highest BCUT2D eigenvalue weighted by atomic mass is 19.1. The largest absolute Gasteiger partial charge is 0.382 e. The normalized spacial score (nSPS) is 10.6. The molecule has 1 aromatic heterocycles. The summed E-state index contributed by atoms with van der Waals surface area (Å²) >= 11 is 0. The van der Waals surface area contributed by atoms with Gasteiger partial charge in [-0.25, -0.2) is 4.39 Å². The van der Waals surface area contributed by atoms with E-state index in [1.807, 2.05) is 0 Å². The standard InChI is InChI=1S/C11H12FN3/c1-7-4-3-5-8(10(7)12)9-6-15(2)14-11(9)13/h3-6H,1-2H3,(H2,13,14). The second-order valence-electron chi connectivity index (χ2n) is 3.54. The summed E-state index contributed by atoms with van der Waals surface area (Å²) in [6, 6.07) is 5.24. The number of nitrogens with two attached hydrogens (primary N) is 1. The first kappa shape index (κ1) is 9.71. The van der Waals surface area contributed by atoms with E-state index >= 15 is 0 Å². The van der Waals surface area contributed by atoms with Gasteiger partial charge in [0.15, 0.2) is 5.82 Å². The fourth-order valence-electron chi connectivity index (χ4n) is 1.57. The highest BCUT2D eigenvalue weighted by molar-refractivity contribution is 5.74. The van der Waals surface area contributed by atoms with Crippen LogP contribution in [-0.2, 0) is 7.05 Å². The molecule has 78 valence electrons. The van der Waals surface area contributed by atoms with Gasteiger partial charge in [0, 0.05) is 24.4 Å². The van der Waals surface area contributed by atoms with Crippen LogP contribution < -0.4 is 5.73 Å². The first-order valence-corrected chi connectivity index (χ1v) is 4.64. The van der Waals surface area contributed by atoms with E-state index in [9.17, 15) is 4.39 Å². The number of rotatable bonds is 1. The zero-order chi connectivity index (χ0) is 11.0. The smallest absolute Gasteiger partial charge is 0.153 e. The SMILES string of the molecule is Cc1cccc(-c2cn(C)nc2N)c1F. The van der Waals surface area contributed by atoms with Crippen LogP contribution in [0.3, 0.4) is 0 Å². The van der Waals surface area contributed by atoms with Crippen LogP contribution in [0.15, 0.2) is 24.4 Å². The van der Waals surface area contributed by atoms with Gasteiger partial charge in [0.1, 0.15) is 5.82 Å². The van der Waals surface area contributed by atoms with E-state index in [1.54, 1.807) is 43.0 Å². The molecule has 0 spiro atoms. The number of halogens is 1. The Morgan fingerprint density at radius 1 is 1.33 bits per heavy atom. The van der Waals surface area contributed by atoms with Gasteiger partial charge in [-0.15, -0.1) is 0 Å². The molecule has 0 amide bonds. The van der Waals surface area contributed by atoms with Crippen LogP contribution in [0.4, 0.5) is 10.2 Å². The Balaban J connectivity index is 2.64. The van der Waals surface area contributed by atoms with Crippen molar-refractivity contribution < 1.29 is 4.39 Å². The van der Waals surface area contributed by atoms with Gasteiger partial charge in [0.25, 0.3) is 0 Å². The quantitative estimate of drug-likeness (QED) is 0.774. The summed E-state index contributed by atoms with van der Waals surface area (Å²) in [5.74, 6) is 0.110. The molecule has 2 rings (SSSR count). The molecule has 0 radical (unpaired) electrons. The Morgan fingerprint density at radius 3 is 2.67 bits per heavy atom. The lowest BCUT2D eigenvalue weighted by Gasteiger charge is -2.03. The zero-order valence-electron chi connectivity index (χ0n) is 8.66. The molecule has 3 nitrogen and oxygen atoms in total. The number of aryl methyl sites for hydroxylation is 2. The lowest BCUT2D eigenvalue weighted by atomic mass is 10.1. The van der Waals surface area contributed by atoms with E-state index in [1.165, 1.54) is 0 Å². The van der Waals surface area contributed by atoms with Gasteiger partial charge in [-0.1, -0.05) is 18.2 Å². The van der Waals surface area contributed by atoms with Crippen LogP contribution in [0.2, 0.25) is 0 Å². The molecule has 15 heavy (non-hydrogen) atoms. The van der Waals surface area contributed by atoms with Crippen molar-refractivity contribution in [2.24, 2.45) is 7.05 Å². The molecule has 0 aliphatic rings. The van der Waals surface area contributed by atoms with Crippen molar-refractivity contribution in [2.75, 3.05) is 5.73 Å². The lowest BCUT2D eigenvalue weighted by Crippen LogP contribution is -1.92. The van der Waals surface area contributed by atoms with Gasteiger partial charge in [-0.05, 0) is 12.5 Å². The molecule has 2 aromatic rings. The minimum atomic E-state index is -0.239. The summed E-state index contributed by atoms with van der Waals surface area (Å²) in [7, 11) is 1.76. The first-order chi connectivity index (χ1) is 7.09. The maximum atomic E-state index is 13.8. The van der Waals surface area contributed by atoms with Crippen molar-refractivity contribution >= 4 is 5.82 Å². The molecule has 0 saturated carbocycles. The molecule has 0 atom stereocenters. The van der Waals surface area contributed by atoms with Crippen molar-refractivity contribution in [1.29, 1.82) is 0 Å². The van der Waals surface area contributed by atoms with Crippen LogP contribution in [0.5, 0.6) is 0 Å². The molecule has 1 heterocycles. The van der Waals surface area contributed by atoms with Gasteiger partial charge >= 0.3 is 0 Å². The molecular weight excluding hydrogens is 193 g/mol. The molecule has 4 heteroatoms. The summed E-state index contributed by atoms with van der Waals surface area (Å²) in [5.41, 5.74) is 7.44. The molecule has 1 aromatic carbocycles. The van der Waals surface area contributed by atoms with Gasteiger partial charge in [-0.3, -0.25) is 4.68 Å². The van der Waals surface area contributed by atoms with Gasteiger partial charge < -0.3 is 5.73 Å². The Kier molecular flexibility index (Phi) is 2.19. The maximum absolute atomic E-state index is 13.8. The summed E-state index contributed by atoms with van der Waals surface area (Å²) in [6.07, 6.45) is 1.72. The summed E-state index contributed by atoms with van der Waals surface area (Å²) in [4.78, 5) is 0. The number of nitrogens with zero attached hydrogens (tertiary/aromatic N) is 2. The van der Waals surface area contributed by atoms with Crippen LogP contribution >= 0.6 is 0 Å². The number of hydrogen-bond donors (Lipinski definition) is 1. The third-order valence-corrected chi connectivity index (χ3v) is 2.34. The van der Waals surface area contributed by atoms with Gasteiger partial charge in [0.05, 0.1) is 0 Å². The van der Waals surface area contributed by atoms with Gasteiger partial charge in [0.2, 0.25) is 0 Å². The number of anilines is 1. The van der Waals surface area contributed by atoms with Crippen LogP contribution in [0.25, 0.3) is 11.1 Å². The van der Waals surface area contributed by atoms with Crippen molar-refractivity contribution in [3.05, 3.63) is 35.8 Å². The Bertz CT molecular complexity index is 503. The molecule has 0 fully saturated rings.